The highest BCUT2D eigenvalue weighted by molar-refractivity contribution is 7.91. The van der Waals surface area contributed by atoms with Gasteiger partial charge in [-0.2, -0.15) is 0 Å². The van der Waals surface area contributed by atoms with Crippen molar-refractivity contribution in [2.45, 2.75) is 76.6 Å². The van der Waals surface area contributed by atoms with Crippen LogP contribution in [0.2, 0.25) is 5.02 Å². The van der Waals surface area contributed by atoms with Crippen LogP contribution in [-0.4, -0.2) is 37.6 Å². The summed E-state index contributed by atoms with van der Waals surface area (Å²) < 4.78 is 24.0. The van der Waals surface area contributed by atoms with Crippen molar-refractivity contribution >= 4 is 27.1 Å². The second-order valence-corrected chi connectivity index (χ2v) is 13.4. The predicted molar refractivity (Wildman–Crippen MR) is 143 cm³/mol. The molecule has 4 nitrogen and oxygen atoms in total. The first-order valence-corrected chi connectivity index (χ1v) is 14.7. The standard InChI is InChI=1S/C28H40ClNO3S/c1-22(2)34(32,33)21-16-23(3)6-4-5-7-24-8-14-27(15-9-24)30-19-17-28(31,18-20-30)25-10-12-26(29)13-11-25/h8-15,22-23,31H,4-7,16-21H2,1-3H3. The molecule has 6 heteroatoms. The number of hydrogen-bond donors (Lipinski definition) is 1. The molecule has 0 aliphatic carbocycles. The van der Waals surface area contributed by atoms with Crippen LogP contribution >= 0.6 is 11.6 Å². The molecule has 0 amide bonds. The van der Waals surface area contributed by atoms with Crippen LogP contribution in [0.1, 0.15) is 70.4 Å². The van der Waals surface area contributed by atoms with Crippen molar-refractivity contribution in [3.8, 4) is 0 Å². The van der Waals surface area contributed by atoms with E-state index in [4.69, 9.17) is 11.6 Å². The fraction of sp³-hybridized carbons (Fsp3) is 0.571. The number of aliphatic hydroxyl groups is 1. The van der Waals surface area contributed by atoms with E-state index >= 15 is 0 Å². The predicted octanol–water partition coefficient (Wildman–Crippen LogP) is 6.39. The van der Waals surface area contributed by atoms with Crippen molar-refractivity contribution in [2.24, 2.45) is 5.92 Å². The Morgan fingerprint density at radius 3 is 2.15 bits per heavy atom. The molecule has 1 fully saturated rings. The third kappa shape index (κ3) is 7.47. The number of benzene rings is 2. The normalized spacial score (nSPS) is 17.2. The zero-order chi connectivity index (χ0) is 24.8. The van der Waals surface area contributed by atoms with Crippen molar-refractivity contribution in [3.05, 3.63) is 64.7 Å². The van der Waals surface area contributed by atoms with Crippen LogP contribution in [0.15, 0.2) is 48.5 Å². The van der Waals surface area contributed by atoms with E-state index in [1.54, 1.807) is 13.8 Å². The van der Waals surface area contributed by atoms with Crippen LogP contribution < -0.4 is 4.90 Å². The minimum absolute atomic E-state index is 0.276. The van der Waals surface area contributed by atoms with Gasteiger partial charge in [0.15, 0.2) is 9.84 Å². The molecule has 2 aromatic rings. The molecule has 1 N–H and O–H groups in total. The van der Waals surface area contributed by atoms with E-state index in [1.165, 1.54) is 11.3 Å². The van der Waals surface area contributed by atoms with Gasteiger partial charge < -0.3 is 10.0 Å². The number of anilines is 1. The van der Waals surface area contributed by atoms with Crippen LogP contribution in [-0.2, 0) is 21.9 Å². The summed E-state index contributed by atoms with van der Waals surface area (Å²) in [6.45, 7) is 7.33. The number of sulfone groups is 1. The van der Waals surface area contributed by atoms with Gasteiger partial charge in [-0.15, -0.1) is 0 Å². The van der Waals surface area contributed by atoms with Crippen molar-refractivity contribution in [1.82, 2.24) is 0 Å². The largest absolute Gasteiger partial charge is 0.385 e. The Hall–Kier alpha value is -1.56. The van der Waals surface area contributed by atoms with Gasteiger partial charge in [0.05, 0.1) is 16.6 Å². The molecule has 3 rings (SSSR count). The lowest BCUT2D eigenvalue weighted by molar-refractivity contribution is 0.0118. The maximum atomic E-state index is 12.0. The number of nitrogens with zero attached hydrogens (tertiary/aromatic N) is 1. The second kappa shape index (κ2) is 11.9. The molecule has 0 spiro atoms. The number of aryl methyl sites for hydroxylation is 1. The Labute approximate surface area is 211 Å². The zero-order valence-corrected chi connectivity index (χ0v) is 22.4. The van der Waals surface area contributed by atoms with Crippen molar-refractivity contribution in [3.63, 3.8) is 0 Å². The van der Waals surface area contributed by atoms with Gasteiger partial charge in [-0.1, -0.05) is 55.6 Å². The Bertz CT molecular complexity index is 995. The lowest BCUT2D eigenvalue weighted by atomic mass is 9.84. The molecule has 0 radical (unpaired) electrons. The minimum Gasteiger partial charge on any atom is -0.385 e. The number of piperidine rings is 1. The van der Waals surface area contributed by atoms with Gasteiger partial charge in [-0.3, -0.25) is 0 Å². The van der Waals surface area contributed by atoms with Gasteiger partial charge in [0.25, 0.3) is 0 Å². The van der Waals surface area contributed by atoms with E-state index in [0.717, 1.165) is 50.8 Å². The van der Waals surface area contributed by atoms with Crippen molar-refractivity contribution in [2.75, 3.05) is 23.7 Å². The van der Waals surface area contributed by atoms with E-state index in [2.05, 4.69) is 36.1 Å². The zero-order valence-electron chi connectivity index (χ0n) is 20.8. The molecule has 1 aliphatic rings. The summed E-state index contributed by atoms with van der Waals surface area (Å²) in [5.74, 6) is 0.752. The van der Waals surface area contributed by atoms with Crippen molar-refractivity contribution in [1.29, 1.82) is 0 Å². The third-order valence-electron chi connectivity index (χ3n) is 7.30. The van der Waals surface area contributed by atoms with Crippen LogP contribution in [0.25, 0.3) is 0 Å². The molecule has 1 aliphatic heterocycles. The van der Waals surface area contributed by atoms with Gasteiger partial charge in [0.1, 0.15) is 0 Å². The molecule has 34 heavy (non-hydrogen) atoms. The summed E-state index contributed by atoms with van der Waals surface area (Å²) in [4.78, 5) is 2.35. The van der Waals surface area contributed by atoms with E-state index in [0.29, 0.717) is 29.5 Å². The Morgan fingerprint density at radius 1 is 0.941 bits per heavy atom. The summed E-state index contributed by atoms with van der Waals surface area (Å²) in [7, 11) is -2.93. The van der Waals surface area contributed by atoms with Gasteiger partial charge in [0, 0.05) is 23.8 Å². The second-order valence-electron chi connectivity index (χ2n) is 10.2. The molecule has 1 heterocycles. The summed E-state index contributed by atoms with van der Waals surface area (Å²) in [6.07, 6.45) is 6.54. The first-order valence-electron chi connectivity index (χ1n) is 12.6. The van der Waals surface area contributed by atoms with Crippen LogP contribution in [0.4, 0.5) is 5.69 Å². The van der Waals surface area contributed by atoms with Crippen LogP contribution in [0.5, 0.6) is 0 Å². The topological polar surface area (TPSA) is 57.6 Å². The molecule has 0 aromatic heterocycles. The monoisotopic (exact) mass is 505 g/mol. The van der Waals surface area contributed by atoms with E-state index < -0.39 is 15.4 Å². The number of hydrogen-bond acceptors (Lipinski definition) is 4. The maximum absolute atomic E-state index is 12.0. The third-order valence-corrected chi connectivity index (χ3v) is 9.79. The fourth-order valence-electron chi connectivity index (χ4n) is 4.62. The smallest absolute Gasteiger partial charge is 0.152 e. The average Bonchev–Trinajstić information content (AvgIpc) is 2.82. The molecule has 0 bridgehead atoms. The van der Waals surface area contributed by atoms with E-state index in [9.17, 15) is 13.5 Å². The van der Waals surface area contributed by atoms with Gasteiger partial charge >= 0.3 is 0 Å². The summed E-state index contributed by atoms with van der Waals surface area (Å²) in [5.41, 5.74) is 2.72. The summed E-state index contributed by atoms with van der Waals surface area (Å²) >= 11 is 5.99. The van der Waals surface area contributed by atoms with E-state index in [-0.39, 0.29) is 5.25 Å². The molecule has 0 saturated carbocycles. The molecular weight excluding hydrogens is 466 g/mol. The van der Waals surface area contributed by atoms with E-state index in [1.807, 2.05) is 24.3 Å². The van der Waals surface area contributed by atoms with Crippen molar-refractivity contribution < 1.29 is 13.5 Å². The lowest BCUT2D eigenvalue weighted by Gasteiger charge is -2.39. The first kappa shape index (κ1) is 27.0. The van der Waals surface area contributed by atoms with Crippen LogP contribution in [0, 0.1) is 5.92 Å². The summed E-state index contributed by atoms with van der Waals surface area (Å²) in [6, 6.07) is 16.4. The maximum Gasteiger partial charge on any atom is 0.152 e. The van der Waals surface area contributed by atoms with Gasteiger partial charge in [-0.05, 0) is 87.3 Å². The summed E-state index contributed by atoms with van der Waals surface area (Å²) in [5, 5.41) is 11.5. The highest BCUT2D eigenvalue weighted by Crippen LogP contribution is 2.35. The van der Waals surface area contributed by atoms with Gasteiger partial charge in [-0.25, -0.2) is 8.42 Å². The fourth-order valence-corrected chi connectivity index (χ4v) is 5.95. The van der Waals surface area contributed by atoms with Crippen LogP contribution in [0.3, 0.4) is 0 Å². The lowest BCUT2D eigenvalue weighted by Crippen LogP contribution is -2.42. The number of rotatable bonds is 11. The highest BCUT2D eigenvalue weighted by atomic mass is 35.5. The highest BCUT2D eigenvalue weighted by Gasteiger charge is 2.34. The molecule has 1 atom stereocenters. The average molecular weight is 506 g/mol. The molecule has 1 saturated heterocycles. The first-order chi connectivity index (χ1) is 16.1. The van der Waals surface area contributed by atoms with Gasteiger partial charge in [0.2, 0.25) is 0 Å². The Balaban J connectivity index is 1.39. The number of halogens is 1. The SMILES string of the molecule is CC(CCCCc1ccc(N2CCC(O)(c3ccc(Cl)cc3)CC2)cc1)CCS(=O)(=O)C(C)C. The Kier molecular flexibility index (Phi) is 9.48. The molecule has 2 aromatic carbocycles. The quantitative estimate of drug-likeness (QED) is 0.359. The molecule has 188 valence electrons. The minimum atomic E-state index is -2.93. The molecule has 1 unspecified atom stereocenters. The number of unbranched alkanes of at least 4 members (excludes halogenated alkanes) is 1. The molecular formula is C28H40ClNO3S. The Morgan fingerprint density at radius 2 is 1.56 bits per heavy atom.